The fourth-order valence-corrected chi connectivity index (χ4v) is 2.42. The lowest BCUT2D eigenvalue weighted by Crippen LogP contribution is -2.35. The number of rotatable bonds is 5. The zero-order chi connectivity index (χ0) is 15.4. The second-order valence-corrected chi connectivity index (χ2v) is 5.58. The maximum absolute atomic E-state index is 12.0. The molecule has 0 radical (unpaired) electrons. The first-order chi connectivity index (χ1) is 9.99. The molecular weight excluding hydrogens is 292 g/mol. The van der Waals surface area contributed by atoms with Crippen LogP contribution < -0.4 is 5.32 Å². The number of nitrogens with zero attached hydrogens (tertiary/aromatic N) is 1. The van der Waals surface area contributed by atoms with Gasteiger partial charge in [0.1, 0.15) is 11.3 Å². The molecule has 7 heteroatoms. The zero-order valence-corrected chi connectivity index (χ0v) is 12.8. The predicted octanol–water partition coefficient (Wildman–Crippen LogP) is 2.21. The van der Waals surface area contributed by atoms with Gasteiger partial charge in [0.25, 0.3) is 5.91 Å². The number of amides is 1. The minimum Gasteiger partial charge on any atom is -0.449 e. The Bertz CT molecular complexity index is 614. The number of hydrogen-bond donors (Lipinski definition) is 1. The van der Waals surface area contributed by atoms with E-state index in [0.717, 1.165) is 4.88 Å². The van der Waals surface area contributed by atoms with Gasteiger partial charge in [0.15, 0.2) is 6.10 Å². The van der Waals surface area contributed by atoms with Crippen LogP contribution in [0.25, 0.3) is 0 Å². The molecule has 2 aromatic heterocycles. The van der Waals surface area contributed by atoms with Gasteiger partial charge >= 0.3 is 5.97 Å². The van der Waals surface area contributed by atoms with Gasteiger partial charge in [0, 0.05) is 4.88 Å². The van der Waals surface area contributed by atoms with Crippen LogP contribution in [0.15, 0.2) is 22.0 Å². The minimum absolute atomic E-state index is 0.271. The van der Waals surface area contributed by atoms with Crippen molar-refractivity contribution in [1.82, 2.24) is 10.5 Å². The second-order valence-electron chi connectivity index (χ2n) is 4.54. The third kappa shape index (κ3) is 3.69. The van der Waals surface area contributed by atoms with Gasteiger partial charge < -0.3 is 14.6 Å². The van der Waals surface area contributed by atoms with Crippen molar-refractivity contribution in [2.75, 3.05) is 0 Å². The van der Waals surface area contributed by atoms with Crippen molar-refractivity contribution in [2.45, 2.75) is 33.4 Å². The molecule has 0 bridgehead atoms. The number of nitrogens with one attached hydrogen (secondary N) is 1. The first kappa shape index (κ1) is 15.2. The Morgan fingerprint density at radius 2 is 2.24 bits per heavy atom. The molecule has 0 fully saturated rings. The molecule has 112 valence electrons. The van der Waals surface area contributed by atoms with E-state index in [1.165, 1.54) is 6.92 Å². The molecule has 0 saturated carbocycles. The molecule has 6 nitrogen and oxygen atoms in total. The summed E-state index contributed by atoms with van der Waals surface area (Å²) in [7, 11) is 0. The Kier molecular flexibility index (Phi) is 4.74. The number of aryl methyl sites for hydroxylation is 2. The van der Waals surface area contributed by atoms with Crippen LogP contribution in [-0.4, -0.2) is 23.1 Å². The fourth-order valence-electron chi connectivity index (χ4n) is 1.78. The maximum atomic E-state index is 12.0. The number of carbonyl (C=O) groups is 2. The van der Waals surface area contributed by atoms with Gasteiger partial charge in [-0.2, -0.15) is 0 Å². The monoisotopic (exact) mass is 308 g/mol. The smallest absolute Gasteiger partial charge is 0.344 e. The van der Waals surface area contributed by atoms with Crippen molar-refractivity contribution < 1.29 is 18.8 Å². The van der Waals surface area contributed by atoms with Crippen molar-refractivity contribution in [1.29, 1.82) is 0 Å². The van der Waals surface area contributed by atoms with E-state index in [0.29, 0.717) is 18.0 Å². The molecule has 0 aromatic carbocycles. The Morgan fingerprint density at radius 3 is 2.81 bits per heavy atom. The summed E-state index contributed by atoms with van der Waals surface area (Å²) in [6, 6.07) is 3.83. The average Bonchev–Trinajstić information content (AvgIpc) is 3.06. The molecular formula is C14H16N2O4S. The number of hydrogen-bond acceptors (Lipinski definition) is 6. The first-order valence-electron chi connectivity index (χ1n) is 6.43. The molecule has 1 N–H and O–H groups in total. The van der Waals surface area contributed by atoms with Crippen LogP contribution in [0.5, 0.6) is 0 Å². The Labute approximate surface area is 126 Å². The summed E-state index contributed by atoms with van der Waals surface area (Å²) in [5, 5.41) is 8.34. The van der Waals surface area contributed by atoms with E-state index in [1.54, 1.807) is 25.2 Å². The summed E-state index contributed by atoms with van der Waals surface area (Å²) < 4.78 is 10.0. The topological polar surface area (TPSA) is 81.4 Å². The fraction of sp³-hybridized carbons (Fsp3) is 0.357. The molecule has 0 saturated heterocycles. The summed E-state index contributed by atoms with van der Waals surface area (Å²) in [6.07, 6.45) is -0.883. The lowest BCUT2D eigenvalue weighted by atomic mass is 10.2. The summed E-state index contributed by atoms with van der Waals surface area (Å²) in [6.45, 7) is 5.22. The van der Waals surface area contributed by atoms with Crippen LogP contribution in [0.4, 0.5) is 0 Å². The third-order valence-corrected chi connectivity index (χ3v) is 3.78. The third-order valence-electron chi connectivity index (χ3n) is 2.91. The summed E-state index contributed by atoms with van der Waals surface area (Å²) in [5.41, 5.74) is 0.719. The standard InChI is InChI=1S/C14H16N2O4S/c1-8-12(9(2)20-16-8)14(18)19-10(3)13(17)15-7-11-5-4-6-21-11/h4-6,10H,7H2,1-3H3,(H,15,17)/t10-/m0/s1. The Morgan fingerprint density at radius 1 is 1.48 bits per heavy atom. The highest BCUT2D eigenvalue weighted by Gasteiger charge is 2.24. The van der Waals surface area contributed by atoms with Crippen LogP contribution in [0, 0.1) is 13.8 Å². The molecule has 0 aliphatic rings. The average molecular weight is 308 g/mol. The van der Waals surface area contributed by atoms with E-state index in [4.69, 9.17) is 9.26 Å². The predicted molar refractivity (Wildman–Crippen MR) is 77.0 cm³/mol. The van der Waals surface area contributed by atoms with E-state index < -0.39 is 12.1 Å². The quantitative estimate of drug-likeness (QED) is 0.856. The molecule has 1 amide bonds. The second kappa shape index (κ2) is 6.53. The molecule has 0 spiro atoms. The number of thiophene rings is 1. The van der Waals surface area contributed by atoms with Crippen LogP contribution in [0.1, 0.15) is 33.6 Å². The molecule has 1 atom stereocenters. The van der Waals surface area contributed by atoms with Gasteiger partial charge in [-0.15, -0.1) is 11.3 Å². The lowest BCUT2D eigenvalue weighted by Gasteiger charge is -2.12. The number of esters is 1. The molecule has 2 rings (SSSR count). The van der Waals surface area contributed by atoms with Crippen LogP contribution in [0.2, 0.25) is 0 Å². The van der Waals surface area contributed by atoms with Crippen LogP contribution in [0.3, 0.4) is 0 Å². The largest absolute Gasteiger partial charge is 0.449 e. The number of ether oxygens (including phenoxy) is 1. The normalized spacial score (nSPS) is 12.0. The Balaban J connectivity index is 1.90. The SMILES string of the molecule is Cc1noc(C)c1C(=O)O[C@@H](C)C(=O)NCc1cccs1. The van der Waals surface area contributed by atoms with E-state index in [2.05, 4.69) is 10.5 Å². The van der Waals surface area contributed by atoms with Gasteiger partial charge in [-0.1, -0.05) is 11.2 Å². The van der Waals surface area contributed by atoms with Crippen molar-refractivity contribution in [3.63, 3.8) is 0 Å². The molecule has 21 heavy (non-hydrogen) atoms. The first-order valence-corrected chi connectivity index (χ1v) is 7.31. The van der Waals surface area contributed by atoms with Crippen LogP contribution in [-0.2, 0) is 16.1 Å². The maximum Gasteiger partial charge on any atom is 0.344 e. The van der Waals surface area contributed by atoms with Crippen LogP contribution >= 0.6 is 11.3 Å². The van der Waals surface area contributed by atoms with Gasteiger partial charge in [0.2, 0.25) is 0 Å². The number of aromatic nitrogens is 1. The molecule has 2 heterocycles. The molecule has 0 aliphatic carbocycles. The lowest BCUT2D eigenvalue weighted by molar-refractivity contribution is -0.129. The van der Waals surface area contributed by atoms with E-state index >= 15 is 0 Å². The summed E-state index contributed by atoms with van der Waals surface area (Å²) in [4.78, 5) is 24.9. The van der Waals surface area contributed by atoms with Gasteiger partial charge in [-0.3, -0.25) is 4.79 Å². The van der Waals surface area contributed by atoms with E-state index in [-0.39, 0.29) is 11.5 Å². The van der Waals surface area contributed by atoms with E-state index in [9.17, 15) is 9.59 Å². The zero-order valence-electron chi connectivity index (χ0n) is 12.0. The summed E-state index contributed by atoms with van der Waals surface area (Å²) in [5.74, 6) is -0.572. The molecule has 2 aromatic rings. The molecule has 0 unspecified atom stereocenters. The number of carbonyl (C=O) groups excluding carboxylic acids is 2. The van der Waals surface area contributed by atoms with Gasteiger partial charge in [0.05, 0.1) is 12.2 Å². The van der Waals surface area contributed by atoms with Gasteiger partial charge in [-0.05, 0) is 32.2 Å². The highest BCUT2D eigenvalue weighted by Crippen LogP contribution is 2.14. The highest BCUT2D eigenvalue weighted by molar-refractivity contribution is 7.09. The Hall–Kier alpha value is -2.15. The molecule has 0 aliphatic heterocycles. The van der Waals surface area contributed by atoms with E-state index in [1.807, 2.05) is 17.5 Å². The van der Waals surface area contributed by atoms with Crippen molar-refractivity contribution >= 4 is 23.2 Å². The summed E-state index contributed by atoms with van der Waals surface area (Å²) >= 11 is 1.55. The van der Waals surface area contributed by atoms with Crippen molar-refractivity contribution in [3.05, 3.63) is 39.4 Å². The van der Waals surface area contributed by atoms with Gasteiger partial charge in [-0.25, -0.2) is 4.79 Å². The van der Waals surface area contributed by atoms with Crippen molar-refractivity contribution in [2.24, 2.45) is 0 Å². The minimum atomic E-state index is -0.883. The van der Waals surface area contributed by atoms with Crippen molar-refractivity contribution in [3.8, 4) is 0 Å². The highest BCUT2D eigenvalue weighted by atomic mass is 32.1.